The molecule has 1 N–H and O–H groups in total. The topological polar surface area (TPSA) is 49.8 Å². The molecule has 1 aromatic rings. The van der Waals surface area contributed by atoms with Gasteiger partial charge in [-0.1, -0.05) is 0 Å². The maximum absolute atomic E-state index is 12.5. The summed E-state index contributed by atoms with van der Waals surface area (Å²) in [5.41, 5.74) is 0.416. The molecule has 1 heterocycles. The van der Waals surface area contributed by atoms with Crippen LogP contribution in [-0.4, -0.2) is 41.2 Å². The van der Waals surface area contributed by atoms with E-state index in [9.17, 15) is 9.90 Å². The lowest BCUT2D eigenvalue weighted by atomic mass is 9.88. The van der Waals surface area contributed by atoms with E-state index in [4.69, 9.17) is 4.74 Å². The van der Waals surface area contributed by atoms with Gasteiger partial charge in [0.15, 0.2) is 0 Å². The van der Waals surface area contributed by atoms with Gasteiger partial charge in [-0.05, 0) is 51.0 Å². The number of likely N-dealkylation sites (tertiary alicyclic amines) is 1. The summed E-state index contributed by atoms with van der Waals surface area (Å²) >= 11 is 0. The largest absolute Gasteiger partial charge is 0.497 e. The van der Waals surface area contributed by atoms with Crippen LogP contribution in [0.15, 0.2) is 24.3 Å². The molecule has 1 aromatic carbocycles. The maximum atomic E-state index is 12.5. The van der Waals surface area contributed by atoms with Crippen LogP contribution in [0.25, 0.3) is 0 Å². The van der Waals surface area contributed by atoms with Gasteiger partial charge in [0.05, 0.1) is 13.2 Å². The van der Waals surface area contributed by atoms with Gasteiger partial charge in [0.2, 0.25) is 0 Å². The average Bonchev–Trinajstić information content (AvgIpc) is 2.41. The van der Waals surface area contributed by atoms with Crippen molar-refractivity contribution >= 4 is 5.91 Å². The number of hydrogen-bond donors (Lipinski definition) is 1. The Hall–Kier alpha value is -1.55. The summed E-state index contributed by atoms with van der Waals surface area (Å²) < 4.78 is 5.09. The van der Waals surface area contributed by atoms with Crippen LogP contribution < -0.4 is 4.74 Å². The Morgan fingerprint density at radius 2 is 2.00 bits per heavy atom. The lowest BCUT2D eigenvalue weighted by Crippen LogP contribution is -2.54. The summed E-state index contributed by atoms with van der Waals surface area (Å²) in [5.74, 6) is 0.695. The second-order valence-electron chi connectivity index (χ2n) is 5.65. The lowest BCUT2D eigenvalue weighted by Gasteiger charge is -2.44. The molecule has 0 spiro atoms. The summed E-state index contributed by atoms with van der Waals surface area (Å²) in [6, 6.07) is 7.08. The number of nitrogens with zero attached hydrogens (tertiary/aromatic N) is 1. The summed E-state index contributed by atoms with van der Waals surface area (Å²) in [5, 5.41) is 9.78. The minimum absolute atomic E-state index is 0.0357. The molecule has 1 atom stereocenters. The molecule has 0 aromatic heterocycles. The highest BCUT2D eigenvalue weighted by Gasteiger charge is 2.36. The molecule has 1 saturated heterocycles. The van der Waals surface area contributed by atoms with Crippen molar-refractivity contribution in [1.29, 1.82) is 0 Å². The van der Waals surface area contributed by atoms with Crippen molar-refractivity contribution in [2.75, 3.05) is 13.7 Å². The second-order valence-corrected chi connectivity index (χ2v) is 5.65. The van der Waals surface area contributed by atoms with E-state index in [1.54, 1.807) is 36.3 Å². The maximum Gasteiger partial charge on any atom is 0.254 e. The Morgan fingerprint density at radius 3 is 2.58 bits per heavy atom. The van der Waals surface area contributed by atoms with Crippen molar-refractivity contribution < 1.29 is 14.6 Å². The number of β-amino-alcohol motifs (C(OH)–C–C–N with tert-alkyl or cyclic N) is 1. The Labute approximate surface area is 114 Å². The highest BCUT2D eigenvalue weighted by Crippen LogP contribution is 2.29. The number of carbonyl (C=O) groups excluding carboxylic acids is 1. The van der Waals surface area contributed by atoms with Crippen molar-refractivity contribution in [2.24, 2.45) is 0 Å². The third-order valence-electron chi connectivity index (χ3n) is 3.80. The molecular weight excluding hydrogens is 242 g/mol. The fourth-order valence-electron chi connectivity index (χ4n) is 2.45. The van der Waals surface area contributed by atoms with Gasteiger partial charge >= 0.3 is 0 Å². The van der Waals surface area contributed by atoms with Gasteiger partial charge in [-0.25, -0.2) is 0 Å². The predicted octanol–water partition coefficient (Wildman–Crippen LogP) is 2.07. The highest BCUT2D eigenvalue weighted by molar-refractivity contribution is 5.95. The van der Waals surface area contributed by atoms with Crippen molar-refractivity contribution in [2.45, 2.75) is 38.3 Å². The van der Waals surface area contributed by atoms with Gasteiger partial charge in [0, 0.05) is 17.6 Å². The predicted molar refractivity (Wildman–Crippen MR) is 73.4 cm³/mol. The fourth-order valence-corrected chi connectivity index (χ4v) is 2.45. The molecule has 2 rings (SSSR count). The Morgan fingerprint density at radius 1 is 1.37 bits per heavy atom. The van der Waals surface area contributed by atoms with E-state index in [1.807, 2.05) is 13.8 Å². The quantitative estimate of drug-likeness (QED) is 0.888. The van der Waals surface area contributed by atoms with Crippen LogP contribution >= 0.6 is 0 Å². The van der Waals surface area contributed by atoms with Gasteiger partial charge < -0.3 is 14.7 Å². The third-order valence-corrected chi connectivity index (χ3v) is 3.80. The lowest BCUT2D eigenvalue weighted by molar-refractivity contribution is 0.00154. The summed E-state index contributed by atoms with van der Waals surface area (Å²) in [7, 11) is 1.60. The molecule has 1 aliphatic rings. The van der Waals surface area contributed by atoms with Gasteiger partial charge in [-0.15, -0.1) is 0 Å². The molecular formula is C15H21NO3. The summed E-state index contributed by atoms with van der Waals surface area (Å²) in [6.07, 6.45) is 1.14. The van der Waals surface area contributed by atoms with Gasteiger partial charge in [0.1, 0.15) is 5.75 Å². The van der Waals surface area contributed by atoms with Crippen molar-refractivity contribution in [3.05, 3.63) is 29.8 Å². The number of amides is 1. The molecule has 4 heteroatoms. The first-order chi connectivity index (χ1) is 8.94. The fraction of sp³-hybridized carbons (Fsp3) is 0.533. The van der Waals surface area contributed by atoms with Crippen LogP contribution in [0.4, 0.5) is 0 Å². The SMILES string of the molecule is COc1ccc(C(=O)N2CC(O)CCC2(C)C)cc1. The number of aliphatic hydroxyl groups is 1. The normalized spacial score (nSPS) is 22.1. The first kappa shape index (κ1) is 13.9. The molecule has 1 aliphatic heterocycles. The standard InChI is InChI=1S/C15H21NO3/c1-15(2)9-8-12(17)10-16(15)14(18)11-4-6-13(19-3)7-5-11/h4-7,12,17H,8-10H2,1-3H3. The molecule has 104 valence electrons. The number of carbonyl (C=O) groups is 1. The Kier molecular flexibility index (Phi) is 3.80. The third kappa shape index (κ3) is 2.89. The van der Waals surface area contributed by atoms with Crippen LogP contribution in [0.3, 0.4) is 0 Å². The molecule has 4 nitrogen and oxygen atoms in total. The van der Waals surface area contributed by atoms with Crippen LogP contribution in [0.1, 0.15) is 37.0 Å². The van der Waals surface area contributed by atoms with Gasteiger partial charge in [-0.3, -0.25) is 4.79 Å². The molecule has 1 amide bonds. The average molecular weight is 263 g/mol. The number of methoxy groups -OCH3 is 1. The number of rotatable bonds is 2. The second kappa shape index (κ2) is 5.21. The van der Waals surface area contributed by atoms with Crippen molar-refractivity contribution in [1.82, 2.24) is 4.90 Å². The zero-order valence-electron chi connectivity index (χ0n) is 11.7. The summed E-state index contributed by atoms with van der Waals surface area (Å²) in [4.78, 5) is 14.3. The highest BCUT2D eigenvalue weighted by atomic mass is 16.5. The van der Waals surface area contributed by atoms with Crippen LogP contribution in [0.2, 0.25) is 0 Å². The van der Waals surface area contributed by atoms with E-state index < -0.39 is 6.10 Å². The molecule has 1 unspecified atom stereocenters. The van der Waals surface area contributed by atoms with E-state index in [0.717, 1.165) is 18.6 Å². The van der Waals surface area contributed by atoms with Crippen LogP contribution in [-0.2, 0) is 0 Å². The zero-order valence-corrected chi connectivity index (χ0v) is 11.7. The smallest absolute Gasteiger partial charge is 0.254 e. The number of ether oxygens (including phenoxy) is 1. The minimum atomic E-state index is -0.421. The minimum Gasteiger partial charge on any atom is -0.497 e. The van der Waals surface area contributed by atoms with E-state index in [1.165, 1.54) is 0 Å². The number of aliphatic hydroxyl groups excluding tert-OH is 1. The van der Waals surface area contributed by atoms with Crippen LogP contribution in [0, 0.1) is 0 Å². The Balaban J connectivity index is 2.21. The number of hydrogen-bond acceptors (Lipinski definition) is 3. The summed E-state index contributed by atoms with van der Waals surface area (Å²) in [6.45, 7) is 4.48. The molecule has 0 bridgehead atoms. The van der Waals surface area contributed by atoms with E-state index in [-0.39, 0.29) is 11.4 Å². The number of benzene rings is 1. The van der Waals surface area contributed by atoms with Crippen molar-refractivity contribution in [3.63, 3.8) is 0 Å². The first-order valence-electron chi connectivity index (χ1n) is 6.58. The first-order valence-corrected chi connectivity index (χ1v) is 6.58. The van der Waals surface area contributed by atoms with E-state index >= 15 is 0 Å². The van der Waals surface area contributed by atoms with Gasteiger partial charge in [0.25, 0.3) is 5.91 Å². The Bertz CT molecular complexity index is 453. The van der Waals surface area contributed by atoms with E-state index in [0.29, 0.717) is 12.1 Å². The molecule has 19 heavy (non-hydrogen) atoms. The molecule has 0 radical (unpaired) electrons. The van der Waals surface area contributed by atoms with Crippen molar-refractivity contribution in [3.8, 4) is 5.75 Å². The van der Waals surface area contributed by atoms with Gasteiger partial charge in [-0.2, -0.15) is 0 Å². The zero-order chi connectivity index (χ0) is 14.0. The monoisotopic (exact) mass is 263 g/mol. The molecule has 0 aliphatic carbocycles. The number of piperidine rings is 1. The van der Waals surface area contributed by atoms with E-state index in [2.05, 4.69) is 0 Å². The molecule has 1 fully saturated rings. The molecule has 0 saturated carbocycles. The van der Waals surface area contributed by atoms with Crippen LogP contribution in [0.5, 0.6) is 5.75 Å².